The van der Waals surface area contributed by atoms with Crippen LogP contribution in [0, 0.1) is 5.82 Å². The van der Waals surface area contributed by atoms with Crippen LogP contribution >= 0.6 is 0 Å². The van der Waals surface area contributed by atoms with Crippen molar-refractivity contribution in [3.63, 3.8) is 0 Å². The SMILES string of the molecule is COCC(N)C(=O)N(C)Cc1cccc(F)c1. The highest BCUT2D eigenvalue weighted by Gasteiger charge is 2.17. The first-order valence-electron chi connectivity index (χ1n) is 5.28. The van der Waals surface area contributed by atoms with Gasteiger partial charge in [-0.3, -0.25) is 4.79 Å². The molecular formula is C12H17FN2O2. The van der Waals surface area contributed by atoms with Crippen molar-refractivity contribution >= 4 is 5.91 Å². The van der Waals surface area contributed by atoms with Crippen molar-refractivity contribution < 1.29 is 13.9 Å². The van der Waals surface area contributed by atoms with Crippen molar-refractivity contribution in [2.45, 2.75) is 12.6 Å². The summed E-state index contributed by atoms with van der Waals surface area (Å²) in [6.45, 7) is 0.500. The number of likely N-dealkylation sites (N-methyl/N-ethyl adjacent to an activating group) is 1. The summed E-state index contributed by atoms with van der Waals surface area (Å²) in [5.74, 6) is -0.541. The summed E-state index contributed by atoms with van der Waals surface area (Å²) in [5.41, 5.74) is 6.35. The number of halogens is 1. The lowest BCUT2D eigenvalue weighted by Gasteiger charge is -2.21. The number of ether oxygens (including phenoxy) is 1. The quantitative estimate of drug-likeness (QED) is 0.826. The fourth-order valence-corrected chi connectivity index (χ4v) is 1.52. The fourth-order valence-electron chi connectivity index (χ4n) is 1.52. The van der Waals surface area contributed by atoms with Crippen LogP contribution < -0.4 is 5.73 Å². The monoisotopic (exact) mass is 240 g/mol. The van der Waals surface area contributed by atoms with Crippen molar-refractivity contribution in [3.8, 4) is 0 Å². The van der Waals surface area contributed by atoms with Crippen LogP contribution in [-0.4, -0.2) is 37.6 Å². The van der Waals surface area contributed by atoms with Crippen LogP contribution in [0.3, 0.4) is 0 Å². The van der Waals surface area contributed by atoms with E-state index in [1.807, 2.05) is 0 Å². The highest BCUT2D eigenvalue weighted by molar-refractivity contribution is 5.81. The average Bonchev–Trinajstić information content (AvgIpc) is 2.28. The number of methoxy groups -OCH3 is 1. The Morgan fingerprint density at radius 2 is 2.29 bits per heavy atom. The second kappa shape index (κ2) is 6.32. The van der Waals surface area contributed by atoms with E-state index in [9.17, 15) is 9.18 Å². The molecule has 0 fully saturated rings. The van der Waals surface area contributed by atoms with Gasteiger partial charge in [-0.15, -0.1) is 0 Å². The summed E-state index contributed by atoms with van der Waals surface area (Å²) in [6.07, 6.45) is 0. The van der Waals surface area contributed by atoms with Gasteiger partial charge in [0.2, 0.25) is 5.91 Å². The fraction of sp³-hybridized carbons (Fsp3) is 0.417. The van der Waals surface area contributed by atoms with Gasteiger partial charge in [0.05, 0.1) is 6.61 Å². The first kappa shape index (κ1) is 13.6. The molecule has 17 heavy (non-hydrogen) atoms. The third-order valence-electron chi connectivity index (χ3n) is 2.35. The normalized spacial score (nSPS) is 12.2. The molecule has 0 radical (unpaired) electrons. The third-order valence-corrected chi connectivity index (χ3v) is 2.35. The number of carbonyl (C=O) groups excluding carboxylic acids is 1. The summed E-state index contributed by atoms with van der Waals surface area (Å²) in [5, 5.41) is 0. The lowest BCUT2D eigenvalue weighted by atomic mass is 10.2. The van der Waals surface area contributed by atoms with Gasteiger partial charge in [0.15, 0.2) is 0 Å². The molecule has 1 aromatic rings. The van der Waals surface area contributed by atoms with Crippen molar-refractivity contribution in [3.05, 3.63) is 35.6 Å². The molecule has 0 heterocycles. The van der Waals surface area contributed by atoms with E-state index < -0.39 is 6.04 Å². The van der Waals surface area contributed by atoms with Crippen LogP contribution in [0.4, 0.5) is 4.39 Å². The third kappa shape index (κ3) is 4.13. The molecule has 0 aliphatic rings. The van der Waals surface area contributed by atoms with Crippen LogP contribution in [0.5, 0.6) is 0 Å². The standard InChI is InChI=1S/C12H17FN2O2/c1-15(12(16)11(14)8-17-2)7-9-4-3-5-10(13)6-9/h3-6,11H,7-8,14H2,1-2H3. The predicted molar refractivity (Wildman–Crippen MR) is 62.7 cm³/mol. The maximum Gasteiger partial charge on any atom is 0.241 e. The van der Waals surface area contributed by atoms with Crippen LogP contribution in [0.15, 0.2) is 24.3 Å². The molecule has 1 rings (SSSR count). The van der Waals surface area contributed by atoms with Gasteiger partial charge in [-0.05, 0) is 17.7 Å². The lowest BCUT2D eigenvalue weighted by molar-refractivity contribution is -0.132. The Labute approximate surface area is 100 Å². The zero-order valence-electron chi connectivity index (χ0n) is 10.0. The molecule has 0 saturated carbocycles. The maximum absolute atomic E-state index is 12.9. The van der Waals surface area contributed by atoms with Gasteiger partial charge >= 0.3 is 0 Å². The summed E-state index contributed by atoms with van der Waals surface area (Å²) in [6, 6.07) is 5.44. The molecule has 1 atom stereocenters. The Kier molecular flexibility index (Phi) is 5.06. The van der Waals surface area contributed by atoms with E-state index in [1.54, 1.807) is 19.2 Å². The van der Waals surface area contributed by atoms with E-state index in [0.29, 0.717) is 6.54 Å². The van der Waals surface area contributed by atoms with Gasteiger partial charge in [0.1, 0.15) is 11.9 Å². The predicted octanol–water partition coefficient (Wildman–Crippen LogP) is 0.758. The molecule has 0 aliphatic heterocycles. The van der Waals surface area contributed by atoms with Crippen molar-refractivity contribution in [2.75, 3.05) is 20.8 Å². The zero-order chi connectivity index (χ0) is 12.8. The number of benzene rings is 1. The minimum atomic E-state index is -0.682. The number of hydrogen-bond acceptors (Lipinski definition) is 3. The topological polar surface area (TPSA) is 55.6 Å². The molecule has 0 bridgehead atoms. The van der Waals surface area contributed by atoms with E-state index in [1.165, 1.54) is 24.1 Å². The summed E-state index contributed by atoms with van der Waals surface area (Å²) >= 11 is 0. The van der Waals surface area contributed by atoms with Gasteiger partial charge in [-0.25, -0.2) is 4.39 Å². The molecule has 2 N–H and O–H groups in total. The van der Waals surface area contributed by atoms with Gasteiger partial charge in [0, 0.05) is 20.7 Å². The first-order valence-corrected chi connectivity index (χ1v) is 5.28. The van der Waals surface area contributed by atoms with Crippen LogP contribution in [0.2, 0.25) is 0 Å². The number of hydrogen-bond donors (Lipinski definition) is 1. The Morgan fingerprint density at radius 1 is 1.59 bits per heavy atom. The molecule has 0 saturated heterocycles. The average molecular weight is 240 g/mol. The van der Waals surface area contributed by atoms with Gasteiger partial charge in [-0.1, -0.05) is 12.1 Å². The van der Waals surface area contributed by atoms with Crippen LogP contribution in [-0.2, 0) is 16.1 Å². The molecule has 4 nitrogen and oxygen atoms in total. The van der Waals surface area contributed by atoms with E-state index in [2.05, 4.69) is 0 Å². The number of amides is 1. The Balaban J connectivity index is 2.59. The maximum atomic E-state index is 12.9. The zero-order valence-corrected chi connectivity index (χ0v) is 10.0. The summed E-state index contributed by atoms with van der Waals surface area (Å²) in [4.78, 5) is 13.2. The number of carbonyl (C=O) groups is 1. The van der Waals surface area contributed by atoms with E-state index in [4.69, 9.17) is 10.5 Å². The number of rotatable bonds is 5. The largest absolute Gasteiger partial charge is 0.383 e. The summed E-state index contributed by atoms with van der Waals surface area (Å²) < 4.78 is 17.8. The van der Waals surface area contributed by atoms with Crippen molar-refractivity contribution in [1.82, 2.24) is 4.90 Å². The molecule has 1 aromatic carbocycles. The van der Waals surface area contributed by atoms with Crippen LogP contribution in [0.1, 0.15) is 5.56 Å². The van der Waals surface area contributed by atoms with Gasteiger partial charge in [0.25, 0.3) is 0 Å². The molecule has 0 spiro atoms. The van der Waals surface area contributed by atoms with Crippen LogP contribution in [0.25, 0.3) is 0 Å². The van der Waals surface area contributed by atoms with Gasteiger partial charge in [-0.2, -0.15) is 0 Å². The first-order chi connectivity index (χ1) is 8.04. The highest BCUT2D eigenvalue weighted by Crippen LogP contribution is 2.06. The number of nitrogens with two attached hydrogens (primary N) is 1. The molecule has 5 heteroatoms. The Morgan fingerprint density at radius 3 is 2.88 bits per heavy atom. The smallest absolute Gasteiger partial charge is 0.241 e. The second-order valence-electron chi connectivity index (χ2n) is 3.89. The minimum absolute atomic E-state index is 0.173. The highest BCUT2D eigenvalue weighted by atomic mass is 19.1. The van der Waals surface area contributed by atoms with Crippen molar-refractivity contribution in [1.29, 1.82) is 0 Å². The minimum Gasteiger partial charge on any atom is -0.383 e. The molecule has 1 unspecified atom stereocenters. The second-order valence-corrected chi connectivity index (χ2v) is 3.89. The molecule has 94 valence electrons. The molecule has 0 aliphatic carbocycles. The van der Waals surface area contributed by atoms with Gasteiger partial charge < -0.3 is 15.4 Å². The van der Waals surface area contributed by atoms with E-state index >= 15 is 0 Å². The molecule has 0 aromatic heterocycles. The Hall–Kier alpha value is -1.46. The Bertz CT molecular complexity index is 385. The molecule has 1 amide bonds. The molecular weight excluding hydrogens is 223 g/mol. The lowest BCUT2D eigenvalue weighted by Crippen LogP contribution is -2.44. The number of nitrogens with zero attached hydrogens (tertiary/aromatic N) is 1. The van der Waals surface area contributed by atoms with Crippen molar-refractivity contribution in [2.24, 2.45) is 5.73 Å². The van der Waals surface area contributed by atoms with E-state index in [0.717, 1.165) is 5.56 Å². The summed E-state index contributed by atoms with van der Waals surface area (Å²) in [7, 11) is 3.11. The van der Waals surface area contributed by atoms with E-state index in [-0.39, 0.29) is 18.3 Å².